The van der Waals surface area contributed by atoms with Crippen LogP contribution < -0.4 is 11.5 Å². The van der Waals surface area contributed by atoms with Crippen LogP contribution in [-0.2, 0) is 9.47 Å². The van der Waals surface area contributed by atoms with Crippen LogP contribution in [0.25, 0.3) is 21.5 Å². The molecular formula is C48H48N2O4. The minimum absolute atomic E-state index is 0.270. The maximum atomic E-state index is 14.3. The largest absolute Gasteiger partial charge is 0.449 e. The van der Waals surface area contributed by atoms with Crippen molar-refractivity contribution < 1.29 is 19.1 Å². The molecule has 0 spiro atoms. The monoisotopic (exact) mass is 716 g/mol. The van der Waals surface area contributed by atoms with Crippen molar-refractivity contribution in [1.29, 1.82) is 0 Å². The second-order valence-corrected chi connectivity index (χ2v) is 15.3. The number of esters is 2. The molecule has 6 heteroatoms. The highest BCUT2D eigenvalue weighted by Crippen LogP contribution is 2.42. The van der Waals surface area contributed by atoms with E-state index in [9.17, 15) is 9.59 Å². The molecule has 6 aromatic rings. The lowest BCUT2D eigenvalue weighted by Crippen LogP contribution is -2.26. The highest BCUT2D eigenvalue weighted by molar-refractivity contribution is 5.93. The van der Waals surface area contributed by atoms with Crippen molar-refractivity contribution in [3.05, 3.63) is 167 Å². The normalized spacial score (nSPS) is 21.3. The molecule has 2 saturated carbocycles. The van der Waals surface area contributed by atoms with Crippen LogP contribution in [0, 0.1) is 0 Å². The van der Waals surface area contributed by atoms with Gasteiger partial charge in [-0.1, -0.05) is 109 Å². The lowest BCUT2D eigenvalue weighted by atomic mass is 9.82. The second kappa shape index (κ2) is 16.0. The van der Waals surface area contributed by atoms with Gasteiger partial charge < -0.3 is 20.9 Å². The summed E-state index contributed by atoms with van der Waals surface area (Å²) in [6.07, 6.45) is 6.28. The van der Waals surface area contributed by atoms with Gasteiger partial charge in [0.05, 0.1) is 11.1 Å². The van der Waals surface area contributed by atoms with Crippen molar-refractivity contribution in [2.75, 3.05) is 0 Å². The highest BCUT2D eigenvalue weighted by Gasteiger charge is 2.35. The van der Waals surface area contributed by atoms with Gasteiger partial charge in [-0.15, -0.1) is 0 Å². The van der Waals surface area contributed by atoms with Crippen LogP contribution in [-0.4, -0.2) is 24.0 Å². The van der Waals surface area contributed by atoms with E-state index in [-0.39, 0.29) is 12.1 Å². The van der Waals surface area contributed by atoms with Crippen LogP contribution in [0.2, 0.25) is 0 Å². The number of carbonyl (C=O) groups is 2. The molecule has 274 valence electrons. The van der Waals surface area contributed by atoms with Gasteiger partial charge in [-0.3, -0.25) is 0 Å². The topological polar surface area (TPSA) is 105 Å². The molecule has 0 heterocycles. The zero-order chi connectivity index (χ0) is 37.0. The third-order valence-electron chi connectivity index (χ3n) is 11.8. The van der Waals surface area contributed by atoms with Gasteiger partial charge in [0.2, 0.25) is 0 Å². The molecule has 2 aliphatic rings. The standard InChI is InChI=1S/C48H48N2O4/c49-39-27-23-33(24-28-39)31-15-19-37(20-16-31)47(51)53-45(43-13-5-9-35-7-1-3-11-41(35)43)46(44-14-6-10-36-8-2-4-12-42(36)44)54-48(52)38-21-17-32(18-22-38)34-25-29-40(50)30-26-34/h1-22,33-34,39-40,45-46H,23-30,49-50H2/t33?,34?,39?,40?,45-,46-/m1/s1. The maximum absolute atomic E-state index is 14.3. The summed E-state index contributed by atoms with van der Waals surface area (Å²) in [7, 11) is 0. The Hall–Kier alpha value is -5.30. The second-order valence-electron chi connectivity index (χ2n) is 15.3. The fraction of sp³-hybridized carbons (Fsp3) is 0.292. The Bertz CT molecular complexity index is 2060. The molecule has 2 fully saturated rings. The number of nitrogens with two attached hydrogens (primary N) is 2. The van der Waals surface area contributed by atoms with E-state index in [1.54, 1.807) is 0 Å². The Balaban J connectivity index is 1.17. The minimum atomic E-state index is -0.969. The summed E-state index contributed by atoms with van der Waals surface area (Å²) in [4.78, 5) is 28.5. The molecule has 0 unspecified atom stereocenters. The Labute approximate surface area is 317 Å². The molecule has 6 aromatic carbocycles. The van der Waals surface area contributed by atoms with Crippen LogP contribution in [0.1, 0.15) is 118 Å². The summed E-state index contributed by atoms with van der Waals surface area (Å²) in [6.45, 7) is 0. The van der Waals surface area contributed by atoms with Gasteiger partial charge in [0.25, 0.3) is 0 Å². The van der Waals surface area contributed by atoms with Crippen molar-refractivity contribution in [3.63, 3.8) is 0 Å². The SMILES string of the molecule is NC1CCC(c2ccc(C(=O)O[C@H](c3cccc4ccccc34)[C@H](OC(=O)c3ccc(C4CCC(N)CC4)cc3)c3cccc4ccccc34)cc2)CC1. The van der Waals surface area contributed by atoms with E-state index >= 15 is 0 Å². The zero-order valence-corrected chi connectivity index (χ0v) is 30.6. The number of carbonyl (C=O) groups excluding carboxylic acids is 2. The summed E-state index contributed by atoms with van der Waals surface area (Å²) >= 11 is 0. The zero-order valence-electron chi connectivity index (χ0n) is 30.6. The average Bonchev–Trinajstić information content (AvgIpc) is 3.22. The number of hydrogen-bond acceptors (Lipinski definition) is 6. The van der Waals surface area contributed by atoms with Gasteiger partial charge in [-0.25, -0.2) is 9.59 Å². The van der Waals surface area contributed by atoms with Gasteiger partial charge >= 0.3 is 11.9 Å². The van der Waals surface area contributed by atoms with E-state index in [1.807, 2.05) is 133 Å². The van der Waals surface area contributed by atoms with E-state index in [2.05, 4.69) is 0 Å². The summed E-state index contributed by atoms with van der Waals surface area (Å²) in [5.74, 6) is -0.0991. The number of fused-ring (bicyclic) bond motifs is 2. The maximum Gasteiger partial charge on any atom is 0.338 e. The smallest absolute Gasteiger partial charge is 0.338 e. The van der Waals surface area contributed by atoms with Crippen molar-refractivity contribution in [3.8, 4) is 0 Å². The lowest BCUT2D eigenvalue weighted by Gasteiger charge is -2.30. The van der Waals surface area contributed by atoms with E-state index in [1.165, 1.54) is 11.1 Å². The minimum Gasteiger partial charge on any atom is -0.449 e. The van der Waals surface area contributed by atoms with E-state index in [0.717, 1.165) is 84.0 Å². The van der Waals surface area contributed by atoms with Gasteiger partial charge in [-0.05, 0) is 120 Å². The molecule has 4 N–H and O–H groups in total. The Morgan fingerprint density at radius 3 is 1.19 bits per heavy atom. The van der Waals surface area contributed by atoms with Crippen molar-refractivity contribution in [1.82, 2.24) is 0 Å². The number of hydrogen-bond donors (Lipinski definition) is 2. The number of ether oxygens (including phenoxy) is 2. The molecule has 0 aromatic heterocycles. The molecule has 0 aliphatic heterocycles. The fourth-order valence-electron chi connectivity index (χ4n) is 8.63. The van der Waals surface area contributed by atoms with Crippen molar-refractivity contribution in [2.45, 2.75) is 87.5 Å². The van der Waals surface area contributed by atoms with Gasteiger partial charge in [0.15, 0.2) is 12.2 Å². The molecule has 0 bridgehead atoms. The first-order valence-electron chi connectivity index (χ1n) is 19.5. The molecule has 6 nitrogen and oxygen atoms in total. The van der Waals surface area contributed by atoms with Gasteiger partial charge in [0.1, 0.15) is 0 Å². The summed E-state index contributed by atoms with van der Waals surface area (Å²) in [6, 6.07) is 44.1. The van der Waals surface area contributed by atoms with Crippen LogP contribution >= 0.6 is 0 Å². The molecule has 0 radical (unpaired) electrons. The van der Waals surface area contributed by atoms with E-state index in [4.69, 9.17) is 20.9 Å². The molecule has 8 rings (SSSR count). The molecule has 54 heavy (non-hydrogen) atoms. The summed E-state index contributed by atoms with van der Waals surface area (Å²) in [5, 5.41) is 3.83. The Kier molecular flexibility index (Phi) is 10.6. The first-order valence-corrected chi connectivity index (χ1v) is 19.5. The fourth-order valence-corrected chi connectivity index (χ4v) is 8.63. The van der Waals surface area contributed by atoms with E-state index < -0.39 is 24.1 Å². The number of rotatable bonds is 9. The predicted molar refractivity (Wildman–Crippen MR) is 215 cm³/mol. The first-order chi connectivity index (χ1) is 26.4. The van der Waals surface area contributed by atoms with Crippen LogP contribution in [0.15, 0.2) is 133 Å². The van der Waals surface area contributed by atoms with Crippen LogP contribution in [0.4, 0.5) is 0 Å². The number of benzene rings is 6. The van der Waals surface area contributed by atoms with Crippen molar-refractivity contribution >= 4 is 33.5 Å². The molecule has 2 aliphatic carbocycles. The summed E-state index contributed by atoms with van der Waals surface area (Å²) < 4.78 is 13.2. The molecular weight excluding hydrogens is 669 g/mol. The van der Waals surface area contributed by atoms with Gasteiger partial charge in [0, 0.05) is 23.2 Å². The molecule has 0 saturated heterocycles. The lowest BCUT2D eigenvalue weighted by molar-refractivity contribution is -0.0379. The van der Waals surface area contributed by atoms with Crippen molar-refractivity contribution in [2.24, 2.45) is 11.5 Å². The van der Waals surface area contributed by atoms with Crippen LogP contribution in [0.5, 0.6) is 0 Å². The highest BCUT2D eigenvalue weighted by atomic mass is 16.6. The average molecular weight is 717 g/mol. The Morgan fingerprint density at radius 1 is 0.444 bits per heavy atom. The van der Waals surface area contributed by atoms with Gasteiger partial charge in [-0.2, -0.15) is 0 Å². The van der Waals surface area contributed by atoms with Crippen LogP contribution in [0.3, 0.4) is 0 Å². The molecule has 0 amide bonds. The Morgan fingerprint density at radius 2 is 0.796 bits per heavy atom. The summed E-state index contributed by atoms with van der Waals surface area (Å²) in [5.41, 5.74) is 17.2. The quantitative estimate of drug-likeness (QED) is 0.144. The van der Waals surface area contributed by atoms with E-state index in [0.29, 0.717) is 23.0 Å². The third kappa shape index (κ3) is 7.68. The molecule has 2 atom stereocenters. The first kappa shape index (κ1) is 35.7. The predicted octanol–water partition coefficient (Wildman–Crippen LogP) is 10.5. The third-order valence-corrected chi connectivity index (χ3v) is 11.8.